The number of carbonyl (C=O) groups is 1. The van der Waals surface area contributed by atoms with Crippen molar-refractivity contribution in [2.45, 2.75) is 38.0 Å². The van der Waals surface area contributed by atoms with Gasteiger partial charge in [0.15, 0.2) is 0 Å². The molecule has 0 unspecified atom stereocenters. The van der Waals surface area contributed by atoms with Crippen LogP contribution in [0.25, 0.3) is 0 Å². The average molecular weight is 466 g/mol. The van der Waals surface area contributed by atoms with E-state index in [0.717, 1.165) is 30.7 Å². The third-order valence-corrected chi connectivity index (χ3v) is 7.34. The van der Waals surface area contributed by atoms with E-state index >= 15 is 0 Å². The van der Waals surface area contributed by atoms with Gasteiger partial charge in [-0.1, -0.05) is 12.5 Å². The molecule has 1 aromatic heterocycles. The molecule has 33 heavy (non-hydrogen) atoms. The fourth-order valence-electron chi connectivity index (χ4n) is 3.82. The van der Waals surface area contributed by atoms with E-state index in [1.54, 1.807) is 30.3 Å². The molecule has 172 valence electrons. The minimum atomic E-state index is -3.50. The Morgan fingerprint density at radius 3 is 2.21 bits per heavy atom. The van der Waals surface area contributed by atoms with Crippen LogP contribution >= 0.6 is 0 Å². The summed E-state index contributed by atoms with van der Waals surface area (Å²) in [7, 11) is -3.50. The number of carbonyl (C=O) groups excluding carboxylic acids is 1. The highest BCUT2D eigenvalue weighted by Crippen LogP contribution is 2.23. The van der Waals surface area contributed by atoms with Crippen LogP contribution in [0.3, 0.4) is 0 Å². The number of nitrogens with one attached hydrogen (secondary N) is 2. The number of sulfonamides is 1. The van der Waals surface area contributed by atoms with Gasteiger partial charge in [-0.15, -0.1) is 0 Å². The number of hydrogen-bond donors (Lipinski definition) is 2. The number of aryl methyl sites for hydroxylation is 2. The van der Waals surface area contributed by atoms with Crippen molar-refractivity contribution in [3.8, 4) is 0 Å². The molecule has 1 saturated heterocycles. The normalized spacial score (nSPS) is 14.6. The van der Waals surface area contributed by atoms with Crippen molar-refractivity contribution in [2.75, 3.05) is 23.7 Å². The molecule has 9 heteroatoms. The highest BCUT2D eigenvalue weighted by Gasteiger charge is 2.25. The molecule has 1 aliphatic rings. The SMILES string of the molecule is Cc1cc(C)nc(Nc2cccc(C(=O)Nc3ccc(S(=O)(=O)N4CCCCC4)cc3)c2)n1. The van der Waals surface area contributed by atoms with Crippen LogP contribution in [0.1, 0.15) is 41.0 Å². The van der Waals surface area contributed by atoms with Crippen molar-refractivity contribution in [1.82, 2.24) is 14.3 Å². The van der Waals surface area contributed by atoms with Gasteiger partial charge in [0.25, 0.3) is 5.91 Å². The Kier molecular flexibility index (Phi) is 6.71. The first kappa shape index (κ1) is 22.9. The molecular weight excluding hydrogens is 438 g/mol. The molecule has 4 rings (SSSR count). The van der Waals surface area contributed by atoms with Gasteiger partial charge < -0.3 is 10.6 Å². The Morgan fingerprint density at radius 1 is 0.879 bits per heavy atom. The summed E-state index contributed by atoms with van der Waals surface area (Å²) in [5.41, 5.74) is 3.37. The van der Waals surface area contributed by atoms with Gasteiger partial charge in [-0.2, -0.15) is 4.31 Å². The van der Waals surface area contributed by atoms with Crippen molar-refractivity contribution in [3.63, 3.8) is 0 Å². The van der Waals surface area contributed by atoms with E-state index in [9.17, 15) is 13.2 Å². The van der Waals surface area contributed by atoms with E-state index in [1.807, 2.05) is 26.0 Å². The topological polar surface area (TPSA) is 104 Å². The molecule has 2 heterocycles. The predicted molar refractivity (Wildman–Crippen MR) is 128 cm³/mol. The Balaban J connectivity index is 1.44. The zero-order valence-corrected chi connectivity index (χ0v) is 19.5. The number of anilines is 3. The highest BCUT2D eigenvalue weighted by atomic mass is 32.2. The van der Waals surface area contributed by atoms with Crippen molar-refractivity contribution >= 4 is 33.3 Å². The molecule has 3 aromatic rings. The molecule has 0 saturated carbocycles. The molecule has 0 radical (unpaired) electrons. The minimum Gasteiger partial charge on any atom is -0.324 e. The molecule has 0 atom stereocenters. The van der Waals surface area contributed by atoms with Crippen LogP contribution < -0.4 is 10.6 Å². The number of amides is 1. The summed E-state index contributed by atoms with van der Waals surface area (Å²) in [6.07, 6.45) is 2.83. The predicted octanol–water partition coefficient (Wildman–Crippen LogP) is 4.26. The van der Waals surface area contributed by atoms with Crippen molar-refractivity contribution < 1.29 is 13.2 Å². The minimum absolute atomic E-state index is 0.238. The molecule has 2 N–H and O–H groups in total. The number of nitrogens with zero attached hydrogens (tertiary/aromatic N) is 3. The molecular formula is C24H27N5O3S. The highest BCUT2D eigenvalue weighted by molar-refractivity contribution is 7.89. The van der Waals surface area contributed by atoms with Crippen LogP contribution in [-0.4, -0.2) is 41.7 Å². The van der Waals surface area contributed by atoms with Crippen LogP contribution in [0.15, 0.2) is 59.5 Å². The van der Waals surface area contributed by atoms with Gasteiger partial charge in [-0.05, 0) is 75.2 Å². The van der Waals surface area contributed by atoms with Crippen LogP contribution in [-0.2, 0) is 10.0 Å². The molecule has 1 amide bonds. The number of rotatable bonds is 6. The second-order valence-electron chi connectivity index (χ2n) is 8.12. The first-order valence-corrected chi connectivity index (χ1v) is 12.4. The van der Waals surface area contributed by atoms with Crippen LogP contribution in [0.4, 0.5) is 17.3 Å². The summed E-state index contributed by atoms with van der Waals surface area (Å²) < 4.78 is 27.1. The number of piperidine rings is 1. The smallest absolute Gasteiger partial charge is 0.255 e. The van der Waals surface area contributed by atoms with Gasteiger partial charge in [0, 0.05) is 41.4 Å². The van der Waals surface area contributed by atoms with E-state index in [1.165, 1.54) is 16.4 Å². The van der Waals surface area contributed by atoms with Gasteiger partial charge in [-0.25, -0.2) is 18.4 Å². The van der Waals surface area contributed by atoms with E-state index in [-0.39, 0.29) is 10.8 Å². The summed E-state index contributed by atoms with van der Waals surface area (Å²) in [4.78, 5) is 21.7. The number of benzene rings is 2. The van der Waals surface area contributed by atoms with Gasteiger partial charge in [0.1, 0.15) is 0 Å². The fourth-order valence-corrected chi connectivity index (χ4v) is 5.33. The maximum absolute atomic E-state index is 12.8. The molecule has 0 bridgehead atoms. The summed E-state index contributed by atoms with van der Waals surface area (Å²) >= 11 is 0. The van der Waals surface area contributed by atoms with Crippen LogP contribution in [0, 0.1) is 13.8 Å². The van der Waals surface area contributed by atoms with Gasteiger partial charge in [0.2, 0.25) is 16.0 Å². The fraction of sp³-hybridized carbons (Fsp3) is 0.292. The molecule has 0 aliphatic carbocycles. The maximum atomic E-state index is 12.8. The van der Waals surface area contributed by atoms with Crippen LogP contribution in [0.2, 0.25) is 0 Å². The zero-order chi connectivity index (χ0) is 23.4. The number of hydrogen-bond acceptors (Lipinski definition) is 6. The molecule has 0 spiro atoms. The molecule has 8 nitrogen and oxygen atoms in total. The third kappa shape index (κ3) is 5.55. The zero-order valence-electron chi connectivity index (χ0n) is 18.7. The summed E-state index contributed by atoms with van der Waals surface area (Å²) in [6.45, 7) is 4.90. The van der Waals surface area contributed by atoms with Gasteiger partial charge in [-0.3, -0.25) is 4.79 Å². The van der Waals surface area contributed by atoms with Gasteiger partial charge >= 0.3 is 0 Å². The summed E-state index contributed by atoms with van der Waals surface area (Å²) in [6, 6.07) is 15.2. The second kappa shape index (κ2) is 9.68. The van der Waals surface area contributed by atoms with E-state index < -0.39 is 10.0 Å². The van der Waals surface area contributed by atoms with Crippen molar-refractivity contribution in [3.05, 3.63) is 71.5 Å². The van der Waals surface area contributed by atoms with E-state index in [0.29, 0.717) is 36.0 Å². The quantitative estimate of drug-likeness (QED) is 0.564. The molecule has 1 fully saturated rings. The Bertz CT molecular complexity index is 1230. The average Bonchev–Trinajstić information content (AvgIpc) is 2.79. The van der Waals surface area contributed by atoms with Crippen LogP contribution in [0.5, 0.6) is 0 Å². The Labute approximate surface area is 194 Å². The molecule has 2 aromatic carbocycles. The second-order valence-corrected chi connectivity index (χ2v) is 10.1. The maximum Gasteiger partial charge on any atom is 0.255 e. The van der Waals surface area contributed by atoms with Crippen molar-refractivity contribution in [2.24, 2.45) is 0 Å². The molecule has 1 aliphatic heterocycles. The van der Waals surface area contributed by atoms with E-state index in [2.05, 4.69) is 20.6 Å². The Morgan fingerprint density at radius 2 is 1.55 bits per heavy atom. The summed E-state index contributed by atoms with van der Waals surface area (Å²) in [5, 5.41) is 5.95. The van der Waals surface area contributed by atoms with E-state index in [4.69, 9.17) is 0 Å². The largest absolute Gasteiger partial charge is 0.324 e. The first-order valence-electron chi connectivity index (χ1n) is 10.9. The lowest BCUT2D eigenvalue weighted by atomic mass is 10.2. The number of aromatic nitrogens is 2. The van der Waals surface area contributed by atoms with Crippen molar-refractivity contribution in [1.29, 1.82) is 0 Å². The Hall–Kier alpha value is -3.30. The lowest BCUT2D eigenvalue weighted by Gasteiger charge is -2.25. The van der Waals surface area contributed by atoms with Gasteiger partial charge in [0.05, 0.1) is 4.90 Å². The monoisotopic (exact) mass is 465 g/mol. The third-order valence-electron chi connectivity index (χ3n) is 5.43. The lowest BCUT2D eigenvalue weighted by molar-refractivity contribution is 0.102. The first-order chi connectivity index (χ1) is 15.8. The standard InChI is InChI=1S/C24H27N5O3S/c1-17-15-18(2)26-24(25-17)28-21-8-6-7-19(16-21)23(30)27-20-9-11-22(12-10-20)33(31,32)29-13-4-3-5-14-29/h6-12,15-16H,3-5,13-14H2,1-2H3,(H,27,30)(H,25,26,28). The summed E-state index contributed by atoms with van der Waals surface area (Å²) in [5.74, 6) is 0.169. The lowest BCUT2D eigenvalue weighted by Crippen LogP contribution is -2.35.